The monoisotopic (exact) mass is 311 g/mol. The number of carbonyl (C=O) groups excluding carboxylic acids is 1. The van der Waals surface area contributed by atoms with Crippen molar-refractivity contribution in [2.75, 3.05) is 13.2 Å². The minimum absolute atomic E-state index is 0.0239. The second-order valence-corrected chi connectivity index (χ2v) is 6.85. The van der Waals surface area contributed by atoms with Crippen LogP contribution in [0, 0.1) is 17.8 Å². The van der Waals surface area contributed by atoms with E-state index in [4.69, 9.17) is 9.84 Å². The summed E-state index contributed by atoms with van der Waals surface area (Å²) in [5, 5.41) is 11.9. The third-order valence-electron chi connectivity index (χ3n) is 5.21. The first-order valence-corrected chi connectivity index (χ1v) is 8.70. The second-order valence-electron chi connectivity index (χ2n) is 6.85. The molecule has 5 heteroatoms. The zero-order chi connectivity index (χ0) is 15.9. The zero-order valence-corrected chi connectivity index (χ0v) is 13.6. The lowest BCUT2D eigenvalue weighted by Crippen LogP contribution is -2.37. The van der Waals surface area contributed by atoms with Gasteiger partial charge in [0.05, 0.1) is 18.6 Å². The van der Waals surface area contributed by atoms with Gasteiger partial charge in [0.2, 0.25) is 5.91 Å². The highest BCUT2D eigenvalue weighted by Crippen LogP contribution is 2.29. The highest BCUT2D eigenvalue weighted by Gasteiger charge is 2.29. The van der Waals surface area contributed by atoms with Crippen molar-refractivity contribution in [1.82, 2.24) is 5.32 Å². The molecule has 126 valence electrons. The molecule has 5 nitrogen and oxygen atoms in total. The van der Waals surface area contributed by atoms with Crippen LogP contribution < -0.4 is 5.32 Å². The highest BCUT2D eigenvalue weighted by atomic mass is 16.5. The van der Waals surface area contributed by atoms with E-state index in [0.717, 1.165) is 6.42 Å². The van der Waals surface area contributed by atoms with Gasteiger partial charge >= 0.3 is 5.97 Å². The summed E-state index contributed by atoms with van der Waals surface area (Å²) in [7, 11) is 0. The molecule has 2 aliphatic carbocycles. The Morgan fingerprint density at radius 3 is 2.32 bits per heavy atom. The van der Waals surface area contributed by atoms with Crippen molar-refractivity contribution in [3.8, 4) is 0 Å². The maximum atomic E-state index is 12.1. The molecule has 0 aromatic carbocycles. The standard InChI is InChI=1S/C17H29NO4/c1-12-4-2-3-5-15(12)22-11-10-18-16(19)13-6-8-14(9-7-13)17(20)21/h12-15H,2-11H2,1H3,(H,18,19)(H,20,21). The van der Waals surface area contributed by atoms with Crippen LogP contribution in [0.15, 0.2) is 0 Å². The number of amides is 1. The van der Waals surface area contributed by atoms with E-state index in [1.165, 1.54) is 19.3 Å². The Labute approximate surface area is 132 Å². The maximum absolute atomic E-state index is 12.1. The summed E-state index contributed by atoms with van der Waals surface area (Å²) in [4.78, 5) is 23.0. The molecule has 0 heterocycles. The molecule has 0 radical (unpaired) electrons. The molecule has 0 spiro atoms. The molecule has 0 aromatic heterocycles. The first-order chi connectivity index (χ1) is 10.6. The fourth-order valence-electron chi connectivity index (χ4n) is 3.66. The zero-order valence-electron chi connectivity index (χ0n) is 13.6. The van der Waals surface area contributed by atoms with E-state index in [1.807, 2.05) is 0 Å². The van der Waals surface area contributed by atoms with Crippen LogP contribution in [0.4, 0.5) is 0 Å². The van der Waals surface area contributed by atoms with Crippen molar-refractivity contribution in [3.63, 3.8) is 0 Å². The number of carboxylic acid groups (broad SMARTS) is 1. The Morgan fingerprint density at radius 1 is 1.05 bits per heavy atom. The van der Waals surface area contributed by atoms with E-state index < -0.39 is 5.97 Å². The van der Waals surface area contributed by atoms with E-state index in [1.54, 1.807) is 0 Å². The summed E-state index contributed by atoms with van der Waals surface area (Å²) in [6.45, 7) is 3.37. The molecule has 2 aliphatic rings. The quantitative estimate of drug-likeness (QED) is 0.739. The fraction of sp³-hybridized carbons (Fsp3) is 0.882. The number of carboxylic acids is 1. The van der Waals surface area contributed by atoms with E-state index in [0.29, 0.717) is 50.9 Å². The maximum Gasteiger partial charge on any atom is 0.306 e. The first kappa shape index (κ1) is 17.3. The molecule has 0 saturated heterocycles. The van der Waals surface area contributed by atoms with Gasteiger partial charge in [-0.05, 0) is 44.4 Å². The van der Waals surface area contributed by atoms with E-state index >= 15 is 0 Å². The average Bonchev–Trinajstić information content (AvgIpc) is 2.53. The van der Waals surface area contributed by atoms with Crippen LogP contribution in [-0.2, 0) is 14.3 Å². The molecule has 22 heavy (non-hydrogen) atoms. The second kappa shape index (κ2) is 8.51. The SMILES string of the molecule is CC1CCCCC1OCCNC(=O)C1CCC(C(=O)O)CC1. The van der Waals surface area contributed by atoms with Gasteiger partial charge in [-0.3, -0.25) is 9.59 Å². The first-order valence-electron chi connectivity index (χ1n) is 8.70. The molecular formula is C17H29NO4. The number of aliphatic carboxylic acids is 1. The molecule has 2 atom stereocenters. The fourth-order valence-corrected chi connectivity index (χ4v) is 3.66. The Hall–Kier alpha value is -1.10. The summed E-state index contributed by atoms with van der Waals surface area (Å²) in [6, 6.07) is 0. The summed E-state index contributed by atoms with van der Waals surface area (Å²) in [5.74, 6) is -0.335. The third kappa shape index (κ3) is 4.97. The summed E-state index contributed by atoms with van der Waals surface area (Å²) < 4.78 is 5.89. The van der Waals surface area contributed by atoms with Crippen LogP contribution >= 0.6 is 0 Å². The number of hydrogen-bond donors (Lipinski definition) is 2. The Balaban J connectivity index is 1.59. The molecule has 2 unspecified atom stereocenters. The van der Waals surface area contributed by atoms with Gasteiger partial charge < -0.3 is 15.2 Å². The molecule has 2 saturated carbocycles. The average molecular weight is 311 g/mol. The summed E-state index contributed by atoms with van der Waals surface area (Å²) >= 11 is 0. The molecule has 0 bridgehead atoms. The number of hydrogen-bond acceptors (Lipinski definition) is 3. The van der Waals surface area contributed by atoms with Crippen LogP contribution in [0.25, 0.3) is 0 Å². The number of ether oxygens (including phenoxy) is 1. The van der Waals surface area contributed by atoms with Crippen LogP contribution in [0.5, 0.6) is 0 Å². The van der Waals surface area contributed by atoms with E-state index in [-0.39, 0.29) is 17.7 Å². The lowest BCUT2D eigenvalue weighted by molar-refractivity contribution is -0.144. The third-order valence-corrected chi connectivity index (χ3v) is 5.21. The molecule has 0 aliphatic heterocycles. The predicted molar refractivity (Wildman–Crippen MR) is 83.5 cm³/mol. The molecule has 0 aromatic rings. The minimum atomic E-state index is -0.728. The Bertz CT molecular complexity index is 377. The van der Waals surface area contributed by atoms with Crippen LogP contribution in [0.1, 0.15) is 58.3 Å². The van der Waals surface area contributed by atoms with Crippen molar-refractivity contribution in [2.24, 2.45) is 17.8 Å². The van der Waals surface area contributed by atoms with Gasteiger partial charge in [0.15, 0.2) is 0 Å². The molecular weight excluding hydrogens is 282 g/mol. The van der Waals surface area contributed by atoms with Crippen molar-refractivity contribution in [1.29, 1.82) is 0 Å². The summed E-state index contributed by atoms with van der Waals surface area (Å²) in [6.07, 6.45) is 7.86. The van der Waals surface area contributed by atoms with Crippen molar-refractivity contribution in [3.05, 3.63) is 0 Å². The number of nitrogens with one attached hydrogen (secondary N) is 1. The molecule has 1 amide bonds. The van der Waals surface area contributed by atoms with E-state index in [2.05, 4.69) is 12.2 Å². The Kier molecular flexibility index (Phi) is 6.68. The van der Waals surface area contributed by atoms with Crippen LogP contribution in [0.2, 0.25) is 0 Å². The normalized spacial score (nSPS) is 32.4. The van der Waals surface area contributed by atoms with Gasteiger partial charge in [-0.15, -0.1) is 0 Å². The van der Waals surface area contributed by atoms with E-state index in [9.17, 15) is 9.59 Å². The lowest BCUT2D eigenvalue weighted by atomic mass is 9.81. The Morgan fingerprint density at radius 2 is 1.68 bits per heavy atom. The van der Waals surface area contributed by atoms with Gasteiger partial charge in [-0.2, -0.15) is 0 Å². The van der Waals surface area contributed by atoms with Crippen LogP contribution in [-0.4, -0.2) is 36.2 Å². The topological polar surface area (TPSA) is 75.6 Å². The highest BCUT2D eigenvalue weighted by molar-refractivity contribution is 5.79. The van der Waals surface area contributed by atoms with Gasteiger partial charge in [0.1, 0.15) is 0 Å². The number of rotatable bonds is 6. The van der Waals surface area contributed by atoms with Gasteiger partial charge in [0.25, 0.3) is 0 Å². The predicted octanol–water partition coefficient (Wildman–Crippen LogP) is 2.59. The largest absolute Gasteiger partial charge is 0.481 e. The van der Waals surface area contributed by atoms with Crippen LogP contribution in [0.3, 0.4) is 0 Å². The lowest BCUT2D eigenvalue weighted by Gasteiger charge is -2.29. The van der Waals surface area contributed by atoms with Crippen molar-refractivity contribution >= 4 is 11.9 Å². The van der Waals surface area contributed by atoms with Crippen molar-refractivity contribution in [2.45, 2.75) is 64.4 Å². The summed E-state index contributed by atoms with van der Waals surface area (Å²) in [5.41, 5.74) is 0. The van der Waals surface area contributed by atoms with Crippen molar-refractivity contribution < 1.29 is 19.4 Å². The molecule has 2 fully saturated rings. The smallest absolute Gasteiger partial charge is 0.306 e. The van der Waals surface area contributed by atoms with Gasteiger partial charge in [0, 0.05) is 12.5 Å². The minimum Gasteiger partial charge on any atom is -0.481 e. The molecule has 2 rings (SSSR count). The van der Waals surface area contributed by atoms with Gasteiger partial charge in [-0.1, -0.05) is 19.8 Å². The molecule has 2 N–H and O–H groups in total. The number of carbonyl (C=O) groups is 2. The van der Waals surface area contributed by atoms with Gasteiger partial charge in [-0.25, -0.2) is 0 Å².